The van der Waals surface area contributed by atoms with Crippen molar-refractivity contribution in [2.75, 3.05) is 0 Å². The van der Waals surface area contributed by atoms with Crippen LogP contribution in [0, 0.1) is 0 Å². The summed E-state index contributed by atoms with van der Waals surface area (Å²) in [5.74, 6) is -7.54. The van der Waals surface area contributed by atoms with E-state index in [0.717, 1.165) is 0 Å². The lowest BCUT2D eigenvalue weighted by molar-refractivity contribution is -0.139. The Hall–Kier alpha value is -0.820. The number of alkyl halides is 6. The van der Waals surface area contributed by atoms with Gasteiger partial charge >= 0.3 is 12.4 Å². The molecule has 0 saturated carbocycles. The second-order valence-electron chi connectivity index (χ2n) is 1.62. The fraction of sp³-hybridized carbons (Fsp3) is 0.500. The molecule has 0 nitrogen and oxygen atoms in total. The van der Waals surface area contributed by atoms with E-state index in [1.54, 1.807) is 0 Å². The molecule has 0 amide bonds. The van der Waals surface area contributed by atoms with Crippen molar-refractivity contribution < 1.29 is 35.1 Å². The van der Waals surface area contributed by atoms with Crippen LogP contribution >= 0.6 is 0 Å². The van der Waals surface area contributed by atoms with Crippen LogP contribution < -0.4 is 0 Å². The molecular weight excluding hydrogens is 200 g/mol. The first-order valence-corrected chi connectivity index (χ1v) is 2.26. The summed E-state index contributed by atoms with van der Waals surface area (Å²) in [6, 6.07) is 0. The zero-order valence-corrected chi connectivity index (χ0v) is 5.02. The minimum absolute atomic E-state index is 3.77. The predicted octanol–water partition coefficient (Wildman–Crippen LogP) is 3.26. The molecule has 0 aromatic heterocycles. The zero-order valence-electron chi connectivity index (χ0n) is 5.02. The molecule has 0 rings (SSSR count). The summed E-state index contributed by atoms with van der Waals surface area (Å²) >= 11 is 0. The Morgan fingerprint density at radius 3 is 0.833 bits per heavy atom. The quantitative estimate of drug-likeness (QED) is 0.526. The average Bonchev–Trinajstić information content (AvgIpc) is 1.80. The monoisotopic (exact) mass is 200 g/mol. The van der Waals surface area contributed by atoms with E-state index in [2.05, 4.69) is 0 Å². The van der Waals surface area contributed by atoms with Crippen LogP contribution in [0.1, 0.15) is 0 Å². The highest BCUT2D eigenvalue weighted by Crippen LogP contribution is 2.37. The molecule has 0 unspecified atom stereocenters. The number of hydrogen-bond donors (Lipinski definition) is 0. The number of allylic oxidation sites excluding steroid dienone is 2. The standard InChI is InChI=1S/C4F8/c5-1(3(7,8)9)2(6)4(10,11)12/b2-1+. The van der Waals surface area contributed by atoms with Gasteiger partial charge in [0, 0.05) is 0 Å². The first-order chi connectivity index (χ1) is 5.07. The smallest absolute Gasteiger partial charge is 0.198 e. The van der Waals surface area contributed by atoms with Gasteiger partial charge in [-0.15, -0.1) is 0 Å². The maximum Gasteiger partial charge on any atom is 0.445 e. The minimum Gasteiger partial charge on any atom is -0.198 e. The summed E-state index contributed by atoms with van der Waals surface area (Å²) in [7, 11) is 0. The fourth-order valence-corrected chi connectivity index (χ4v) is 0.249. The van der Waals surface area contributed by atoms with Gasteiger partial charge in [0.05, 0.1) is 0 Å². The molecule has 12 heavy (non-hydrogen) atoms. The van der Waals surface area contributed by atoms with Gasteiger partial charge in [-0.05, 0) is 0 Å². The van der Waals surface area contributed by atoms with Crippen LogP contribution in [0.3, 0.4) is 0 Å². The highest BCUT2D eigenvalue weighted by molar-refractivity contribution is 5.10. The second kappa shape index (κ2) is 2.91. The summed E-state index contributed by atoms with van der Waals surface area (Å²) in [6.07, 6.45) is -11.9. The van der Waals surface area contributed by atoms with E-state index in [0.29, 0.717) is 0 Å². The molecule has 8 heteroatoms. The number of halogens is 8. The average molecular weight is 200 g/mol. The molecule has 0 bridgehead atoms. The van der Waals surface area contributed by atoms with Gasteiger partial charge in [0.15, 0.2) is 0 Å². The van der Waals surface area contributed by atoms with Gasteiger partial charge in [0.25, 0.3) is 0 Å². The van der Waals surface area contributed by atoms with Gasteiger partial charge in [-0.1, -0.05) is 0 Å². The van der Waals surface area contributed by atoms with Crippen molar-refractivity contribution in [3.05, 3.63) is 11.7 Å². The van der Waals surface area contributed by atoms with Crippen molar-refractivity contribution in [3.8, 4) is 0 Å². The van der Waals surface area contributed by atoms with Gasteiger partial charge in [-0.2, -0.15) is 35.1 Å². The lowest BCUT2D eigenvalue weighted by Gasteiger charge is -2.07. The Morgan fingerprint density at radius 1 is 0.583 bits per heavy atom. The Morgan fingerprint density at radius 2 is 0.750 bits per heavy atom. The first kappa shape index (κ1) is 11.2. The van der Waals surface area contributed by atoms with Crippen LogP contribution in [0.25, 0.3) is 0 Å². The molecule has 0 saturated heterocycles. The number of rotatable bonds is 0. The summed E-state index contributed by atoms with van der Waals surface area (Å²) in [4.78, 5) is 0. The Kier molecular flexibility index (Phi) is 2.71. The molecule has 0 aliphatic carbocycles. The van der Waals surface area contributed by atoms with Crippen LogP contribution in [0.15, 0.2) is 11.7 Å². The summed E-state index contributed by atoms with van der Waals surface area (Å²) in [5, 5.41) is 0. The molecule has 0 atom stereocenters. The van der Waals surface area contributed by atoms with Gasteiger partial charge in [0.1, 0.15) is 0 Å². The van der Waals surface area contributed by atoms with Crippen molar-refractivity contribution in [3.63, 3.8) is 0 Å². The molecule has 0 N–H and O–H groups in total. The second-order valence-corrected chi connectivity index (χ2v) is 1.62. The lowest BCUT2D eigenvalue weighted by Crippen LogP contribution is -2.17. The van der Waals surface area contributed by atoms with Crippen molar-refractivity contribution in [1.82, 2.24) is 0 Å². The van der Waals surface area contributed by atoms with E-state index in [-0.39, 0.29) is 0 Å². The molecule has 0 fully saturated rings. The largest absolute Gasteiger partial charge is 0.445 e. The van der Waals surface area contributed by atoms with E-state index in [4.69, 9.17) is 0 Å². The SMILES string of the molecule is F/C(=C(/F)C(F)(F)F)C(F)(F)F. The highest BCUT2D eigenvalue weighted by Gasteiger charge is 2.47. The van der Waals surface area contributed by atoms with Crippen molar-refractivity contribution in [2.24, 2.45) is 0 Å². The maximum atomic E-state index is 11.5. The van der Waals surface area contributed by atoms with Crippen LogP contribution in [-0.2, 0) is 0 Å². The predicted molar refractivity (Wildman–Crippen MR) is 21.4 cm³/mol. The third kappa shape index (κ3) is 2.67. The summed E-state index contributed by atoms with van der Waals surface area (Å²) in [6.45, 7) is 0. The van der Waals surface area contributed by atoms with E-state index in [1.807, 2.05) is 0 Å². The Labute approximate surface area is 60.5 Å². The zero-order chi connectivity index (χ0) is 10.2. The van der Waals surface area contributed by atoms with Gasteiger partial charge in [0.2, 0.25) is 11.7 Å². The molecule has 0 aliphatic heterocycles. The molecule has 72 valence electrons. The molecule has 0 spiro atoms. The topological polar surface area (TPSA) is 0 Å². The van der Waals surface area contributed by atoms with E-state index < -0.39 is 24.0 Å². The van der Waals surface area contributed by atoms with Crippen molar-refractivity contribution in [2.45, 2.75) is 12.4 Å². The highest BCUT2D eigenvalue weighted by atomic mass is 19.4. The van der Waals surface area contributed by atoms with E-state index in [1.165, 1.54) is 0 Å². The van der Waals surface area contributed by atoms with Crippen LogP contribution in [0.5, 0.6) is 0 Å². The van der Waals surface area contributed by atoms with E-state index >= 15 is 0 Å². The lowest BCUT2D eigenvalue weighted by atomic mass is 10.4. The third-order valence-corrected chi connectivity index (χ3v) is 0.690. The van der Waals surface area contributed by atoms with Crippen LogP contribution in [0.4, 0.5) is 35.1 Å². The van der Waals surface area contributed by atoms with Crippen LogP contribution in [-0.4, -0.2) is 12.4 Å². The molecular formula is C4F8. The van der Waals surface area contributed by atoms with Gasteiger partial charge in [-0.3, -0.25) is 0 Å². The fourth-order valence-electron chi connectivity index (χ4n) is 0.249. The van der Waals surface area contributed by atoms with Crippen LogP contribution in [0.2, 0.25) is 0 Å². The molecule has 0 heterocycles. The van der Waals surface area contributed by atoms with Crippen molar-refractivity contribution >= 4 is 0 Å². The normalized spacial score (nSPS) is 16.0. The third-order valence-electron chi connectivity index (χ3n) is 0.690. The minimum atomic E-state index is -5.94. The molecule has 0 aromatic carbocycles. The van der Waals surface area contributed by atoms with Gasteiger partial charge < -0.3 is 0 Å². The molecule has 0 aliphatic rings. The Bertz CT molecular complexity index is 170. The van der Waals surface area contributed by atoms with E-state index in [9.17, 15) is 35.1 Å². The Balaban J connectivity index is 4.96. The summed E-state index contributed by atoms with van der Waals surface area (Å²) in [5.41, 5.74) is 0. The first-order valence-electron chi connectivity index (χ1n) is 2.26. The number of hydrogen-bond acceptors (Lipinski definition) is 0. The summed E-state index contributed by atoms with van der Waals surface area (Å²) < 4.78 is 89.3. The molecule has 0 aromatic rings. The molecule has 0 radical (unpaired) electrons. The van der Waals surface area contributed by atoms with Crippen molar-refractivity contribution in [1.29, 1.82) is 0 Å². The maximum absolute atomic E-state index is 11.5. The van der Waals surface area contributed by atoms with Gasteiger partial charge in [-0.25, -0.2) is 0 Å².